The Labute approximate surface area is 182 Å². The molecule has 0 radical (unpaired) electrons. The van der Waals surface area contributed by atoms with Crippen LogP contribution in [-0.2, 0) is 11.3 Å². The van der Waals surface area contributed by atoms with Gasteiger partial charge in [0.15, 0.2) is 5.96 Å². The summed E-state index contributed by atoms with van der Waals surface area (Å²) in [5.74, 6) is 0.798. The summed E-state index contributed by atoms with van der Waals surface area (Å²) in [6.45, 7) is 8.24. The van der Waals surface area contributed by atoms with Gasteiger partial charge in [-0.05, 0) is 44.6 Å². The first kappa shape index (κ1) is 23.0. The fraction of sp³-hybridized carbons (Fsp3) is 0.708. The summed E-state index contributed by atoms with van der Waals surface area (Å²) >= 11 is 0. The zero-order chi connectivity index (χ0) is 21.1. The van der Waals surface area contributed by atoms with E-state index in [1.807, 2.05) is 0 Å². The number of aliphatic imine (C=N–C) groups is 1. The van der Waals surface area contributed by atoms with Crippen molar-refractivity contribution in [3.63, 3.8) is 0 Å². The third kappa shape index (κ3) is 7.89. The standard InChI is InChI=1S/C24H40N4O2/c1-2-25-23(27-20-24(29)13-6-7-14-24)26-15-8-18-30-22-11-16-28(17-12-22)19-21-9-4-3-5-10-21/h3-5,9-10,22,29H,2,6-8,11-20H2,1H3,(H2,25,26,27). The Balaban J connectivity index is 1.27. The average Bonchev–Trinajstić information content (AvgIpc) is 3.20. The number of likely N-dealkylation sites (tertiary alicyclic amines) is 1. The second kappa shape index (κ2) is 12.3. The molecule has 1 aromatic carbocycles. The molecular formula is C24H40N4O2. The molecule has 0 atom stereocenters. The number of aliphatic hydroxyl groups is 1. The van der Waals surface area contributed by atoms with Crippen molar-refractivity contribution in [1.82, 2.24) is 15.5 Å². The molecule has 6 heteroatoms. The summed E-state index contributed by atoms with van der Waals surface area (Å²) in [4.78, 5) is 7.12. The largest absolute Gasteiger partial charge is 0.388 e. The van der Waals surface area contributed by atoms with Crippen molar-refractivity contribution < 1.29 is 9.84 Å². The number of benzene rings is 1. The molecule has 1 aliphatic carbocycles. The third-order valence-corrected chi connectivity index (χ3v) is 6.16. The van der Waals surface area contributed by atoms with E-state index in [9.17, 15) is 5.11 Å². The van der Waals surface area contributed by atoms with Crippen molar-refractivity contribution in [2.75, 3.05) is 39.3 Å². The molecule has 2 fully saturated rings. The minimum absolute atomic E-state index is 0.385. The van der Waals surface area contributed by atoms with Crippen molar-refractivity contribution in [2.45, 2.75) is 70.1 Å². The van der Waals surface area contributed by atoms with E-state index in [1.54, 1.807) is 0 Å². The van der Waals surface area contributed by atoms with Gasteiger partial charge in [-0.1, -0.05) is 43.2 Å². The lowest BCUT2D eigenvalue weighted by atomic mass is 10.0. The van der Waals surface area contributed by atoms with Crippen LogP contribution in [-0.4, -0.2) is 67.0 Å². The molecule has 1 saturated heterocycles. The second-order valence-electron chi connectivity index (χ2n) is 8.74. The summed E-state index contributed by atoms with van der Waals surface area (Å²) in [6, 6.07) is 10.7. The Morgan fingerprint density at radius 3 is 2.60 bits per heavy atom. The van der Waals surface area contributed by atoms with Crippen LogP contribution in [0.15, 0.2) is 35.3 Å². The molecular weight excluding hydrogens is 376 g/mol. The lowest BCUT2D eigenvalue weighted by Gasteiger charge is -2.32. The van der Waals surface area contributed by atoms with Gasteiger partial charge >= 0.3 is 0 Å². The van der Waals surface area contributed by atoms with E-state index in [4.69, 9.17) is 4.74 Å². The van der Waals surface area contributed by atoms with Crippen LogP contribution in [0.4, 0.5) is 0 Å². The molecule has 0 unspecified atom stereocenters. The van der Waals surface area contributed by atoms with E-state index in [0.29, 0.717) is 12.6 Å². The second-order valence-corrected chi connectivity index (χ2v) is 8.74. The Hall–Kier alpha value is -1.63. The molecule has 168 valence electrons. The Bertz CT molecular complexity index is 623. The molecule has 2 aliphatic rings. The Morgan fingerprint density at radius 2 is 1.90 bits per heavy atom. The van der Waals surface area contributed by atoms with Crippen LogP contribution in [0.1, 0.15) is 57.4 Å². The predicted molar refractivity (Wildman–Crippen MR) is 123 cm³/mol. The highest BCUT2D eigenvalue weighted by Crippen LogP contribution is 2.29. The van der Waals surface area contributed by atoms with Gasteiger partial charge in [0, 0.05) is 39.3 Å². The van der Waals surface area contributed by atoms with Crippen molar-refractivity contribution >= 4 is 5.96 Å². The molecule has 0 bridgehead atoms. The van der Waals surface area contributed by atoms with Crippen LogP contribution in [0.3, 0.4) is 0 Å². The summed E-state index contributed by atoms with van der Waals surface area (Å²) in [7, 11) is 0. The molecule has 0 amide bonds. The number of hydrogen-bond acceptors (Lipinski definition) is 4. The van der Waals surface area contributed by atoms with Gasteiger partial charge in [0.2, 0.25) is 0 Å². The first-order chi connectivity index (χ1) is 14.7. The van der Waals surface area contributed by atoms with Gasteiger partial charge in [-0.3, -0.25) is 9.89 Å². The van der Waals surface area contributed by atoms with Crippen LogP contribution >= 0.6 is 0 Å². The van der Waals surface area contributed by atoms with E-state index >= 15 is 0 Å². The van der Waals surface area contributed by atoms with E-state index in [1.165, 1.54) is 5.56 Å². The molecule has 0 spiro atoms. The van der Waals surface area contributed by atoms with Gasteiger partial charge in [0.05, 0.1) is 18.2 Å². The molecule has 6 nitrogen and oxygen atoms in total. The quantitative estimate of drug-likeness (QED) is 0.311. The van der Waals surface area contributed by atoms with E-state index in [2.05, 4.69) is 57.8 Å². The molecule has 0 aromatic heterocycles. The van der Waals surface area contributed by atoms with Crippen LogP contribution < -0.4 is 10.6 Å². The highest BCUT2D eigenvalue weighted by atomic mass is 16.5. The van der Waals surface area contributed by atoms with Gasteiger partial charge < -0.3 is 20.5 Å². The molecule has 3 rings (SSSR count). The number of nitrogens with zero attached hydrogens (tertiary/aromatic N) is 2. The normalized spacial score (nSPS) is 20.4. The van der Waals surface area contributed by atoms with Gasteiger partial charge in [0.1, 0.15) is 0 Å². The highest BCUT2D eigenvalue weighted by Gasteiger charge is 2.30. The van der Waals surface area contributed by atoms with Crippen LogP contribution in [0.25, 0.3) is 0 Å². The monoisotopic (exact) mass is 416 g/mol. The van der Waals surface area contributed by atoms with Gasteiger partial charge in [-0.15, -0.1) is 0 Å². The minimum Gasteiger partial charge on any atom is -0.388 e. The smallest absolute Gasteiger partial charge is 0.191 e. The maximum Gasteiger partial charge on any atom is 0.191 e. The zero-order valence-corrected chi connectivity index (χ0v) is 18.6. The number of piperidine rings is 1. The van der Waals surface area contributed by atoms with E-state index in [0.717, 1.165) is 90.2 Å². The summed E-state index contributed by atoms with van der Waals surface area (Å²) in [6.07, 6.45) is 7.53. The maximum atomic E-state index is 10.5. The van der Waals surface area contributed by atoms with Gasteiger partial charge in [-0.2, -0.15) is 0 Å². The van der Waals surface area contributed by atoms with E-state index in [-0.39, 0.29) is 0 Å². The fourth-order valence-electron chi connectivity index (χ4n) is 4.36. The lowest BCUT2D eigenvalue weighted by molar-refractivity contribution is 0.00533. The predicted octanol–water partition coefficient (Wildman–Crippen LogP) is 2.92. The number of ether oxygens (including phenoxy) is 1. The van der Waals surface area contributed by atoms with Crippen LogP contribution in [0.5, 0.6) is 0 Å². The highest BCUT2D eigenvalue weighted by molar-refractivity contribution is 5.79. The van der Waals surface area contributed by atoms with E-state index < -0.39 is 5.60 Å². The summed E-state index contributed by atoms with van der Waals surface area (Å²) < 4.78 is 6.11. The third-order valence-electron chi connectivity index (χ3n) is 6.16. The topological polar surface area (TPSA) is 69.1 Å². The number of guanidine groups is 1. The van der Waals surface area contributed by atoms with Crippen molar-refractivity contribution in [2.24, 2.45) is 4.99 Å². The average molecular weight is 417 g/mol. The number of rotatable bonds is 10. The molecule has 1 aromatic rings. The number of hydrogen-bond donors (Lipinski definition) is 3. The first-order valence-electron chi connectivity index (χ1n) is 11.8. The first-order valence-corrected chi connectivity index (χ1v) is 11.8. The Morgan fingerprint density at radius 1 is 1.17 bits per heavy atom. The fourth-order valence-corrected chi connectivity index (χ4v) is 4.36. The SMILES string of the molecule is CCNC(=NCC1(O)CCCC1)NCCCOC1CCN(Cc2ccccc2)CC1. The zero-order valence-electron chi connectivity index (χ0n) is 18.6. The molecule has 1 saturated carbocycles. The Kier molecular flexibility index (Phi) is 9.43. The minimum atomic E-state index is -0.596. The molecule has 1 heterocycles. The van der Waals surface area contributed by atoms with Gasteiger partial charge in [0.25, 0.3) is 0 Å². The van der Waals surface area contributed by atoms with Crippen molar-refractivity contribution in [3.8, 4) is 0 Å². The molecule has 3 N–H and O–H groups in total. The van der Waals surface area contributed by atoms with Gasteiger partial charge in [-0.25, -0.2) is 0 Å². The maximum absolute atomic E-state index is 10.5. The summed E-state index contributed by atoms with van der Waals surface area (Å²) in [5.41, 5.74) is 0.794. The van der Waals surface area contributed by atoms with Crippen LogP contribution in [0.2, 0.25) is 0 Å². The number of nitrogens with one attached hydrogen (secondary N) is 2. The van der Waals surface area contributed by atoms with Crippen molar-refractivity contribution in [1.29, 1.82) is 0 Å². The summed E-state index contributed by atoms with van der Waals surface area (Å²) in [5, 5.41) is 17.1. The lowest BCUT2D eigenvalue weighted by Crippen LogP contribution is -2.40. The van der Waals surface area contributed by atoms with Crippen LogP contribution in [0, 0.1) is 0 Å². The molecule has 1 aliphatic heterocycles. The molecule has 30 heavy (non-hydrogen) atoms. The van der Waals surface area contributed by atoms with Crippen molar-refractivity contribution in [3.05, 3.63) is 35.9 Å².